The van der Waals surface area contributed by atoms with Crippen molar-refractivity contribution in [2.24, 2.45) is 0 Å². The van der Waals surface area contributed by atoms with E-state index in [1.807, 2.05) is 61.2 Å². The lowest BCUT2D eigenvalue weighted by molar-refractivity contribution is -0.124. The van der Waals surface area contributed by atoms with Gasteiger partial charge >= 0.3 is 0 Å². The Morgan fingerprint density at radius 1 is 1.22 bits per heavy atom. The molecule has 1 amide bonds. The molecule has 2 heterocycles. The number of nitrogens with one attached hydrogen (secondary N) is 1. The number of para-hydroxylation sites is 1. The summed E-state index contributed by atoms with van der Waals surface area (Å²) in [5, 5.41) is 3.79. The number of benzene rings is 1. The van der Waals surface area contributed by atoms with Crippen LogP contribution in [-0.4, -0.2) is 26.1 Å². The van der Waals surface area contributed by atoms with Gasteiger partial charge in [0.2, 0.25) is 5.91 Å². The third-order valence-electron chi connectivity index (χ3n) is 3.87. The van der Waals surface area contributed by atoms with E-state index in [1.54, 1.807) is 0 Å². The molecule has 1 N–H and O–H groups in total. The first-order chi connectivity index (χ1) is 10.9. The highest BCUT2D eigenvalue weighted by Gasteiger charge is 2.22. The summed E-state index contributed by atoms with van der Waals surface area (Å²) in [6.07, 6.45) is 0. The van der Waals surface area contributed by atoms with E-state index in [0.29, 0.717) is 5.65 Å². The quantitative estimate of drug-likeness (QED) is 0.805. The lowest BCUT2D eigenvalue weighted by Gasteiger charge is -2.19. The van der Waals surface area contributed by atoms with Gasteiger partial charge in [-0.3, -0.25) is 14.3 Å². The first-order valence-electron chi connectivity index (χ1n) is 7.70. The number of nitrogens with zero attached hydrogens (tertiary/aromatic N) is 3. The Morgan fingerprint density at radius 2 is 1.91 bits per heavy atom. The number of fused-ring (bicyclic) bond motifs is 3. The number of carbonyl (C=O) groups excluding carboxylic acids is 1. The molecule has 3 aromatic rings. The summed E-state index contributed by atoms with van der Waals surface area (Å²) in [5.41, 5.74) is 1.93. The molecule has 0 spiro atoms. The van der Waals surface area contributed by atoms with Crippen LogP contribution in [0.3, 0.4) is 0 Å². The largest absolute Gasteiger partial charge is 0.352 e. The summed E-state index contributed by atoms with van der Waals surface area (Å²) in [6, 6.07) is 8.79. The number of amides is 1. The van der Waals surface area contributed by atoms with Crippen molar-refractivity contribution in [3.8, 4) is 0 Å². The Kier molecular flexibility index (Phi) is 3.67. The van der Waals surface area contributed by atoms with E-state index >= 15 is 0 Å². The fourth-order valence-electron chi connectivity index (χ4n) is 2.91. The maximum Gasteiger partial charge on any atom is 0.273 e. The van der Waals surface area contributed by atoms with Crippen molar-refractivity contribution >= 4 is 22.5 Å². The molecular formula is C17H20N4O2. The van der Waals surface area contributed by atoms with Crippen molar-refractivity contribution in [1.29, 1.82) is 0 Å². The van der Waals surface area contributed by atoms with E-state index in [1.165, 1.54) is 6.07 Å². The first kappa shape index (κ1) is 15.3. The monoisotopic (exact) mass is 312 g/mol. The van der Waals surface area contributed by atoms with E-state index in [0.717, 1.165) is 16.6 Å². The Bertz CT molecular complexity index is 952. The van der Waals surface area contributed by atoms with E-state index in [4.69, 9.17) is 0 Å². The lowest BCUT2D eigenvalue weighted by atomic mass is 10.2. The zero-order valence-corrected chi connectivity index (χ0v) is 13.7. The highest BCUT2D eigenvalue weighted by Crippen LogP contribution is 2.24. The highest BCUT2D eigenvalue weighted by atomic mass is 16.2. The minimum Gasteiger partial charge on any atom is -0.352 e. The molecule has 1 unspecified atom stereocenters. The number of aryl methyl sites for hydroxylation is 1. The number of hydrogen-bond acceptors (Lipinski definition) is 3. The molecule has 0 bridgehead atoms. The molecular weight excluding hydrogens is 292 g/mol. The van der Waals surface area contributed by atoms with Gasteiger partial charge in [-0.15, -0.1) is 0 Å². The van der Waals surface area contributed by atoms with E-state index < -0.39 is 6.04 Å². The predicted octanol–water partition coefficient (Wildman–Crippen LogP) is 2.04. The molecule has 0 aliphatic rings. The lowest BCUT2D eigenvalue weighted by Crippen LogP contribution is -2.36. The molecule has 3 rings (SSSR count). The fraction of sp³-hybridized carbons (Fsp3) is 0.353. The molecule has 2 aromatic heterocycles. The standard InChI is InChI=1S/C17H20N4O2/c1-10(2)18-17(23)12(4)21-14-8-6-5-7-13(14)16-19-15(22)9-11(3)20(16)21/h5-10,12H,1-4H3,(H,18,23). The average Bonchev–Trinajstić information content (AvgIpc) is 2.81. The molecule has 1 aromatic carbocycles. The average molecular weight is 312 g/mol. The summed E-state index contributed by atoms with van der Waals surface area (Å²) in [6.45, 7) is 7.56. The number of hydrogen-bond donors (Lipinski definition) is 1. The zero-order valence-electron chi connectivity index (χ0n) is 13.7. The Balaban J connectivity index is 2.34. The van der Waals surface area contributed by atoms with E-state index in [-0.39, 0.29) is 17.5 Å². The van der Waals surface area contributed by atoms with Crippen molar-refractivity contribution < 1.29 is 4.79 Å². The predicted molar refractivity (Wildman–Crippen MR) is 89.7 cm³/mol. The summed E-state index contributed by atoms with van der Waals surface area (Å²) in [7, 11) is 0. The van der Waals surface area contributed by atoms with Crippen LogP contribution in [-0.2, 0) is 4.79 Å². The maximum absolute atomic E-state index is 12.5. The Labute approximate surface area is 133 Å². The first-order valence-corrected chi connectivity index (χ1v) is 7.70. The second-order valence-corrected chi connectivity index (χ2v) is 6.07. The van der Waals surface area contributed by atoms with Gasteiger partial charge in [0.15, 0.2) is 5.65 Å². The molecule has 23 heavy (non-hydrogen) atoms. The van der Waals surface area contributed by atoms with Crippen LogP contribution in [0.15, 0.2) is 35.1 Å². The zero-order chi connectivity index (χ0) is 16.7. The van der Waals surface area contributed by atoms with Crippen LogP contribution >= 0.6 is 0 Å². The van der Waals surface area contributed by atoms with Gasteiger partial charge < -0.3 is 5.32 Å². The molecule has 0 saturated carbocycles. The van der Waals surface area contributed by atoms with Gasteiger partial charge in [0.05, 0.1) is 5.52 Å². The van der Waals surface area contributed by atoms with Gasteiger partial charge in [-0.25, -0.2) is 4.52 Å². The van der Waals surface area contributed by atoms with Crippen molar-refractivity contribution in [2.45, 2.75) is 39.8 Å². The van der Waals surface area contributed by atoms with Gasteiger partial charge in [0, 0.05) is 23.2 Å². The van der Waals surface area contributed by atoms with Crippen LogP contribution in [0.1, 0.15) is 32.5 Å². The van der Waals surface area contributed by atoms with Gasteiger partial charge in [-0.2, -0.15) is 4.98 Å². The van der Waals surface area contributed by atoms with Gasteiger partial charge in [-0.05, 0) is 39.8 Å². The number of aromatic nitrogens is 3. The van der Waals surface area contributed by atoms with Gasteiger partial charge in [-0.1, -0.05) is 12.1 Å². The van der Waals surface area contributed by atoms with Crippen LogP contribution in [0.4, 0.5) is 0 Å². The second kappa shape index (κ2) is 5.53. The van der Waals surface area contributed by atoms with Crippen LogP contribution in [0, 0.1) is 6.92 Å². The molecule has 0 fully saturated rings. The maximum atomic E-state index is 12.5. The molecule has 0 saturated heterocycles. The highest BCUT2D eigenvalue weighted by molar-refractivity contribution is 5.94. The molecule has 0 radical (unpaired) electrons. The van der Waals surface area contributed by atoms with E-state index in [9.17, 15) is 9.59 Å². The van der Waals surface area contributed by atoms with Crippen molar-refractivity contribution in [3.63, 3.8) is 0 Å². The SMILES string of the molecule is Cc1cc(=O)nc2c3ccccc3n(C(C)C(=O)NC(C)C)n12. The van der Waals surface area contributed by atoms with Gasteiger partial charge in [0.1, 0.15) is 6.04 Å². The van der Waals surface area contributed by atoms with Gasteiger partial charge in [0.25, 0.3) is 5.56 Å². The van der Waals surface area contributed by atoms with Crippen LogP contribution in [0.5, 0.6) is 0 Å². The molecule has 0 aliphatic carbocycles. The van der Waals surface area contributed by atoms with Crippen LogP contribution in [0.2, 0.25) is 0 Å². The fourth-order valence-corrected chi connectivity index (χ4v) is 2.91. The Hall–Kier alpha value is -2.63. The number of rotatable bonds is 3. The number of carbonyl (C=O) groups is 1. The third kappa shape index (κ3) is 2.50. The second-order valence-electron chi connectivity index (χ2n) is 6.07. The summed E-state index contributed by atoms with van der Waals surface area (Å²) in [5.74, 6) is -0.0687. The summed E-state index contributed by atoms with van der Waals surface area (Å²) in [4.78, 5) is 28.4. The Morgan fingerprint density at radius 3 is 2.61 bits per heavy atom. The van der Waals surface area contributed by atoms with Crippen molar-refractivity contribution in [1.82, 2.24) is 19.5 Å². The van der Waals surface area contributed by atoms with E-state index in [2.05, 4.69) is 10.3 Å². The normalized spacial score (nSPS) is 12.9. The minimum atomic E-state index is -0.428. The molecule has 0 aliphatic heterocycles. The molecule has 6 nitrogen and oxygen atoms in total. The molecule has 6 heteroatoms. The van der Waals surface area contributed by atoms with Crippen LogP contribution < -0.4 is 10.9 Å². The minimum absolute atomic E-state index is 0.0653. The van der Waals surface area contributed by atoms with Crippen molar-refractivity contribution in [2.75, 3.05) is 0 Å². The summed E-state index contributed by atoms with van der Waals surface area (Å²) < 4.78 is 3.74. The van der Waals surface area contributed by atoms with Crippen LogP contribution in [0.25, 0.3) is 16.6 Å². The third-order valence-corrected chi connectivity index (χ3v) is 3.87. The van der Waals surface area contributed by atoms with Crippen molar-refractivity contribution in [3.05, 3.63) is 46.4 Å². The molecule has 1 atom stereocenters. The molecule has 120 valence electrons. The summed E-state index contributed by atoms with van der Waals surface area (Å²) >= 11 is 0. The topological polar surface area (TPSA) is 68.4 Å². The smallest absolute Gasteiger partial charge is 0.273 e.